The van der Waals surface area contributed by atoms with Crippen molar-refractivity contribution in [2.24, 2.45) is 0 Å². The lowest BCUT2D eigenvalue weighted by molar-refractivity contribution is 0.0951. The van der Waals surface area contributed by atoms with Crippen molar-refractivity contribution in [3.63, 3.8) is 0 Å². The first-order chi connectivity index (χ1) is 10.1. The van der Waals surface area contributed by atoms with E-state index in [9.17, 15) is 4.79 Å². The van der Waals surface area contributed by atoms with Crippen molar-refractivity contribution in [3.05, 3.63) is 39.6 Å². The Hall–Kier alpha value is -1.95. The number of amides is 1. The number of aryl methyl sites for hydroxylation is 2. The maximum atomic E-state index is 12.3. The van der Waals surface area contributed by atoms with Crippen molar-refractivity contribution in [2.45, 2.75) is 33.7 Å². The van der Waals surface area contributed by atoms with E-state index in [4.69, 9.17) is 0 Å². The number of nitrogens with zero attached hydrogens (tertiary/aromatic N) is 2. The third kappa shape index (κ3) is 4.26. The van der Waals surface area contributed by atoms with E-state index in [0.717, 1.165) is 34.2 Å². The molecule has 0 atom stereocenters. The minimum absolute atomic E-state index is 0.131. The van der Waals surface area contributed by atoms with Crippen LogP contribution >= 0.6 is 11.3 Å². The smallest absolute Gasteiger partial charge is 0.255 e. The minimum atomic E-state index is -0.131. The fraction of sp³-hybridized carbons (Fsp3) is 0.400. The normalized spacial score (nSPS) is 10.4. The first-order valence-corrected chi connectivity index (χ1v) is 7.81. The number of carbonyl (C=O) groups excluding carboxylic acids is 1. The highest BCUT2D eigenvalue weighted by Gasteiger charge is 2.12. The summed E-state index contributed by atoms with van der Waals surface area (Å²) in [7, 11) is 0. The molecule has 0 saturated carbocycles. The lowest BCUT2D eigenvalue weighted by Crippen LogP contribution is -2.24. The van der Waals surface area contributed by atoms with Gasteiger partial charge in [-0.3, -0.25) is 9.78 Å². The van der Waals surface area contributed by atoms with Gasteiger partial charge in [0.1, 0.15) is 5.01 Å². The maximum absolute atomic E-state index is 12.3. The van der Waals surface area contributed by atoms with Crippen molar-refractivity contribution in [1.82, 2.24) is 15.3 Å². The number of rotatable bonds is 6. The molecular weight excluding hydrogens is 284 g/mol. The zero-order valence-electron chi connectivity index (χ0n) is 12.6. The van der Waals surface area contributed by atoms with Gasteiger partial charge in [0.05, 0.1) is 17.8 Å². The predicted octanol–water partition coefficient (Wildman–Crippen LogP) is 2.91. The summed E-state index contributed by atoms with van der Waals surface area (Å²) in [4.78, 5) is 21.9. The van der Waals surface area contributed by atoms with E-state index < -0.39 is 0 Å². The van der Waals surface area contributed by atoms with Gasteiger partial charge in [-0.25, -0.2) is 4.98 Å². The molecule has 0 aromatic carbocycles. The van der Waals surface area contributed by atoms with Crippen LogP contribution < -0.4 is 10.6 Å². The molecule has 0 aliphatic carbocycles. The van der Waals surface area contributed by atoms with E-state index in [1.54, 1.807) is 17.5 Å². The van der Waals surface area contributed by atoms with Gasteiger partial charge in [-0.2, -0.15) is 0 Å². The first-order valence-electron chi connectivity index (χ1n) is 7.00. The van der Waals surface area contributed by atoms with Crippen LogP contribution in [0.3, 0.4) is 0 Å². The molecule has 2 aromatic heterocycles. The molecule has 0 fully saturated rings. The van der Waals surface area contributed by atoms with Crippen LogP contribution in [-0.2, 0) is 6.54 Å². The molecule has 2 N–H and O–H groups in total. The van der Waals surface area contributed by atoms with Crippen molar-refractivity contribution in [2.75, 3.05) is 11.9 Å². The third-order valence-electron chi connectivity index (χ3n) is 2.92. The fourth-order valence-electron chi connectivity index (χ4n) is 1.88. The molecule has 2 aromatic rings. The molecule has 0 aliphatic rings. The van der Waals surface area contributed by atoms with E-state index >= 15 is 0 Å². The van der Waals surface area contributed by atoms with Crippen LogP contribution in [0.5, 0.6) is 0 Å². The Balaban J connectivity index is 2.07. The first kappa shape index (κ1) is 15.4. The largest absolute Gasteiger partial charge is 0.384 e. The van der Waals surface area contributed by atoms with Crippen LogP contribution in [0.1, 0.15) is 39.3 Å². The van der Waals surface area contributed by atoms with Gasteiger partial charge in [0.2, 0.25) is 0 Å². The Kier molecular flexibility index (Phi) is 5.27. The average Bonchev–Trinajstić information content (AvgIpc) is 2.88. The van der Waals surface area contributed by atoms with Crippen molar-refractivity contribution in [3.8, 4) is 0 Å². The Morgan fingerprint density at radius 2 is 2.10 bits per heavy atom. The van der Waals surface area contributed by atoms with Crippen LogP contribution in [0.25, 0.3) is 0 Å². The summed E-state index contributed by atoms with van der Waals surface area (Å²) >= 11 is 1.59. The highest BCUT2D eigenvalue weighted by molar-refractivity contribution is 7.11. The molecule has 0 spiro atoms. The monoisotopic (exact) mass is 304 g/mol. The maximum Gasteiger partial charge on any atom is 0.255 e. The van der Waals surface area contributed by atoms with Gasteiger partial charge in [-0.1, -0.05) is 6.92 Å². The molecule has 0 saturated heterocycles. The minimum Gasteiger partial charge on any atom is -0.384 e. The van der Waals surface area contributed by atoms with Gasteiger partial charge in [-0.15, -0.1) is 11.3 Å². The molecule has 2 heterocycles. The summed E-state index contributed by atoms with van der Waals surface area (Å²) in [5, 5.41) is 7.07. The van der Waals surface area contributed by atoms with Crippen LogP contribution in [0.4, 0.5) is 5.69 Å². The summed E-state index contributed by atoms with van der Waals surface area (Å²) in [5.41, 5.74) is 2.29. The number of pyridine rings is 1. The van der Waals surface area contributed by atoms with E-state index in [1.807, 2.05) is 26.1 Å². The fourth-order valence-corrected chi connectivity index (χ4v) is 2.61. The Morgan fingerprint density at radius 3 is 2.76 bits per heavy atom. The number of hydrogen-bond donors (Lipinski definition) is 2. The average molecular weight is 304 g/mol. The standard InChI is InChI=1S/C15H20N4OS/c1-4-5-16-13-6-10(2)17-8-12(13)15(20)19-9-14-18-7-11(3)21-14/h6-8H,4-5,9H2,1-3H3,(H,16,17)(H,19,20). The summed E-state index contributed by atoms with van der Waals surface area (Å²) in [6, 6.07) is 1.90. The van der Waals surface area contributed by atoms with Crippen LogP contribution in [-0.4, -0.2) is 22.4 Å². The number of hydrogen-bond acceptors (Lipinski definition) is 5. The molecule has 1 amide bonds. The zero-order valence-corrected chi connectivity index (χ0v) is 13.4. The molecule has 2 rings (SSSR count). The molecule has 21 heavy (non-hydrogen) atoms. The molecule has 6 heteroatoms. The SMILES string of the molecule is CCCNc1cc(C)ncc1C(=O)NCc1ncc(C)s1. The predicted molar refractivity (Wildman–Crippen MR) is 85.8 cm³/mol. The van der Waals surface area contributed by atoms with Crippen molar-refractivity contribution < 1.29 is 4.79 Å². The molecule has 0 bridgehead atoms. The molecule has 5 nitrogen and oxygen atoms in total. The number of thiazole rings is 1. The van der Waals surface area contributed by atoms with E-state index in [1.165, 1.54) is 0 Å². The van der Waals surface area contributed by atoms with E-state index in [-0.39, 0.29) is 5.91 Å². The second kappa shape index (κ2) is 7.17. The molecule has 0 radical (unpaired) electrons. The van der Waals surface area contributed by atoms with Gasteiger partial charge in [0.15, 0.2) is 0 Å². The Bertz CT molecular complexity index is 624. The number of aromatic nitrogens is 2. The van der Waals surface area contributed by atoms with Gasteiger partial charge >= 0.3 is 0 Å². The second-order valence-electron chi connectivity index (χ2n) is 4.85. The van der Waals surface area contributed by atoms with Gasteiger partial charge in [0.25, 0.3) is 5.91 Å². The Labute approximate surface area is 128 Å². The molecule has 0 unspecified atom stereocenters. The summed E-state index contributed by atoms with van der Waals surface area (Å²) in [6.45, 7) is 7.27. The van der Waals surface area contributed by atoms with E-state index in [0.29, 0.717) is 12.1 Å². The van der Waals surface area contributed by atoms with Crippen molar-refractivity contribution >= 4 is 22.9 Å². The summed E-state index contributed by atoms with van der Waals surface area (Å²) in [6.07, 6.45) is 4.43. The molecule has 0 aliphatic heterocycles. The number of carbonyl (C=O) groups is 1. The summed E-state index contributed by atoms with van der Waals surface area (Å²) < 4.78 is 0. The Morgan fingerprint density at radius 1 is 1.29 bits per heavy atom. The highest BCUT2D eigenvalue weighted by Crippen LogP contribution is 2.16. The second-order valence-corrected chi connectivity index (χ2v) is 6.16. The molecular formula is C15H20N4OS. The summed E-state index contributed by atoms with van der Waals surface area (Å²) in [5.74, 6) is -0.131. The lowest BCUT2D eigenvalue weighted by Gasteiger charge is -2.11. The van der Waals surface area contributed by atoms with Crippen LogP contribution in [0.2, 0.25) is 0 Å². The van der Waals surface area contributed by atoms with Gasteiger partial charge in [0, 0.05) is 29.5 Å². The zero-order chi connectivity index (χ0) is 15.2. The van der Waals surface area contributed by atoms with Crippen LogP contribution in [0.15, 0.2) is 18.5 Å². The third-order valence-corrected chi connectivity index (χ3v) is 3.83. The van der Waals surface area contributed by atoms with Crippen LogP contribution in [0, 0.1) is 13.8 Å². The molecule has 112 valence electrons. The van der Waals surface area contributed by atoms with Crippen molar-refractivity contribution in [1.29, 1.82) is 0 Å². The van der Waals surface area contributed by atoms with Gasteiger partial charge < -0.3 is 10.6 Å². The van der Waals surface area contributed by atoms with Gasteiger partial charge in [-0.05, 0) is 26.3 Å². The lowest BCUT2D eigenvalue weighted by atomic mass is 10.2. The van der Waals surface area contributed by atoms with E-state index in [2.05, 4.69) is 27.5 Å². The highest BCUT2D eigenvalue weighted by atomic mass is 32.1. The topological polar surface area (TPSA) is 66.9 Å². The number of anilines is 1. The number of nitrogens with one attached hydrogen (secondary N) is 2. The quantitative estimate of drug-likeness (QED) is 0.861.